The summed E-state index contributed by atoms with van der Waals surface area (Å²) in [5.41, 5.74) is 1.26. The molecule has 0 saturated carbocycles. The number of benzene rings is 1. The average Bonchev–Trinajstić information content (AvgIpc) is 3.47. The molecule has 0 spiro atoms. The number of unbranched alkanes of at least 4 members (excludes halogenated alkanes) is 1. The topological polar surface area (TPSA) is 80.0 Å². The summed E-state index contributed by atoms with van der Waals surface area (Å²) >= 11 is 0. The van der Waals surface area contributed by atoms with Crippen molar-refractivity contribution < 1.29 is 9.47 Å². The third kappa shape index (κ3) is 5.70. The molecule has 32 heavy (non-hydrogen) atoms. The van der Waals surface area contributed by atoms with Crippen molar-refractivity contribution in [3.05, 3.63) is 35.9 Å². The molecular formula is C23H35N7O2. The normalized spacial score (nSPS) is 16.6. The van der Waals surface area contributed by atoms with Crippen molar-refractivity contribution in [2.45, 2.75) is 46.2 Å². The highest BCUT2D eigenvalue weighted by Gasteiger charge is 2.21. The summed E-state index contributed by atoms with van der Waals surface area (Å²) in [4.78, 5) is 9.76. The smallest absolute Gasteiger partial charge is 0.231 e. The molecular weight excluding hydrogens is 406 g/mol. The minimum Gasteiger partial charge on any atom is -0.454 e. The van der Waals surface area contributed by atoms with E-state index in [2.05, 4.69) is 55.9 Å². The Labute approximate surface area is 190 Å². The van der Waals surface area contributed by atoms with E-state index in [9.17, 15) is 0 Å². The van der Waals surface area contributed by atoms with E-state index < -0.39 is 0 Å². The Kier molecular flexibility index (Phi) is 7.82. The molecule has 1 saturated heterocycles. The highest BCUT2D eigenvalue weighted by molar-refractivity contribution is 5.80. The number of fused-ring (bicyclic) bond motifs is 1. The second-order valence-electron chi connectivity index (χ2n) is 8.23. The van der Waals surface area contributed by atoms with Crippen molar-refractivity contribution in [2.24, 2.45) is 4.99 Å². The van der Waals surface area contributed by atoms with Gasteiger partial charge in [0.2, 0.25) is 6.79 Å². The van der Waals surface area contributed by atoms with E-state index in [1.54, 1.807) is 0 Å². The van der Waals surface area contributed by atoms with E-state index in [1.165, 1.54) is 5.56 Å². The predicted molar refractivity (Wildman–Crippen MR) is 124 cm³/mol. The molecule has 0 unspecified atom stereocenters. The summed E-state index contributed by atoms with van der Waals surface area (Å²) in [6, 6.07) is 6.24. The minimum atomic E-state index is 0.321. The summed E-state index contributed by atoms with van der Waals surface area (Å²) in [6.45, 7) is 12.0. The van der Waals surface area contributed by atoms with E-state index in [4.69, 9.17) is 14.5 Å². The second-order valence-corrected chi connectivity index (χ2v) is 8.23. The van der Waals surface area contributed by atoms with Crippen molar-refractivity contribution in [3.63, 3.8) is 0 Å². The summed E-state index contributed by atoms with van der Waals surface area (Å²) in [5.74, 6) is 3.74. The van der Waals surface area contributed by atoms with Crippen LogP contribution in [0.4, 0.5) is 0 Å². The number of ether oxygens (including phenoxy) is 2. The molecule has 4 rings (SSSR count). The van der Waals surface area contributed by atoms with Gasteiger partial charge in [0.15, 0.2) is 17.5 Å². The van der Waals surface area contributed by atoms with Crippen LogP contribution in [0.3, 0.4) is 0 Å². The predicted octanol–water partition coefficient (Wildman–Crippen LogP) is 2.13. The highest BCUT2D eigenvalue weighted by atomic mass is 16.7. The number of nitrogens with one attached hydrogen (secondary N) is 1. The maximum absolute atomic E-state index is 5.52. The van der Waals surface area contributed by atoms with Crippen molar-refractivity contribution >= 4 is 5.96 Å². The molecule has 174 valence electrons. The number of guanidine groups is 1. The lowest BCUT2D eigenvalue weighted by atomic mass is 10.1. The van der Waals surface area contributed by atoms with Gasteiger partial charge in [0.05, 0.1) is 0 Å². The first kappa shape index (κ1) is 22.4. The lowest BCUT2D eigenvalue weighted by molar-refractivity contribution is 0.171. The van der Waals surface area contributed by atoms with E-state index in [1.807, 2.05) is 12.4 Å². The number of piperazine rings is 1. The molecule has 2 aliphatic heterocycles. The van der Waals surface area contributed by atoms with Gasteiger partial charge in [-0.05, 0) is 24.1 Å². The van der Waals surface area contributed by atoms with Crippen LogP contribution in [0.1, 0.15) is 38.1 Å². The zero-order valence-corrected chi connectivity index (χ0v) is 19.3. The lowest BCUT2D eigenvalue weighted by Crippen LogP contribution is -2.52. The Morgan fingerprint density at radius 3 is 2.78 bits per heavy atom. The number of nitrogens with zero attached hydrogens (tertiary/aromatic N) is 6. The van der Waals surface area contributed by atoms with Crippen LogP contribution in [0.2, 0.25) is 0 Å². The summed E-state index contributed by atoms with van der Waals surface area (Å²) in [6.07, 6.45) is 4.97. The summed E-state index contributed by atoms with van der Waals surface area (Å²) < 4.78 is 13.1. The van der Waals surface area contributed by atoms with Gasteiger partial charge in [-0.15, -0.1) is 10.2 Å². The van der Waals surface area contributed by atoms with Crippen LogP contribution in [0.15, 0.2) is 29.5 Å². The molecule has 1 N–H and O–H groups in total. The van der Waals surface area contributed by atoms with Crippen LogP contribution in [-0.2, 0) is 19.5 Å². The van der Waals surface area contributed by atoms with Crippen molar-refractivity contribution in [1.29, 1.82) is 0 Å². The first-order valence-corrected chi connectivity index (χ1v) is 11.8. The van der Waals surface area contributed by atoms with Gasteiger partial charge in [0.25, 0.3) is 0 Å². The van der Waals surface area contributed by atoms with Gasteiger partial charge >= 0.3 is 0 Å². The SMILES string of the molecule is CCCCN=C(NCCn1cnnc1CC)N1CCN(Cc2ccc3c(c2)OCO3)CC1. The maximum atomic E-state index is 5.52. The van der Waals surface area contributed by atoms with Crippen LogP contribution >= 0.6 is 0 Å². The average molecular weight is 442 g/mol. The Hall–Kier alpha value is -2.81. The molecule has 0 aliphatic carbocycles. The Morgan fingerprint density at radius 2 is 1.97 bits per heavy atom. The number of aliphatic imine (C=N–C) groups is 1. The van der Waals surface area contributed by atoms with Crippen LogP contribution in [0.25, 0.3) is 0 Å². The van der Waals surface area contributed by atoms with Gasteiger partial charge in [-0.3, -0.25) is 9.89 Å². The monoisotopic (exact) mass is 441 g/mol. The van der Waals surface area contributed by atoms with Crippen molar-refractivity contribution in [2.75, 3.05) is 46.1 Å². The van der Waals surface area contributed by atoms with Gasteiger partial charge in [-0.1, -0.05) is 26.3 Å². The first-order valence-electron chi connectivity index (χ1n) is 11.8. The molecule has 0 atom stereocenters. The second kappa shape index (κ2) is 11.2. The van der Waals surface area contributed by atoms with Gasteiger partial charge in [-0.25, -0.2) is 0 Å². The molecule has 9 nitrogen and oxygen atoms in total. The fraction of sp³-hybridized carbons (Fsp3) is 0.609. The Morgan fingerprint density at radius 1 is 1.12 bits per heavy atom. The molecule has 1 aromatic heterocycles. The van der Waals surface area contributed by atoms with Gasteiger partial charge in [-0.2, -0.15) is 0 Å². The Bertz CT molecular complexity index is 890. The van der Waals surface area contributed by atoms with E-state index in [0.717, 1.165) is 94.9 Å². The van der Waals surface area contributed by atoms with Crippen LogP contribution in [0.5, 0.6) is 11.5 Å². The van der Waals surface area contributed by atoms with E-state index in [0.29, 0.717) is 6.79 Å². The van der Waals surface area contributed by atoms with Crippen molar-refractivity contribution in [3.8, 4) is 11.5 Å². The van der Waals surface area contributed by atoms with Gasteiger partial charge in [0.1, 0.15) is 12.2 Å². The molecule has 0 bridgehead atoms. The third-order valence-electron chi connectivity index (χ3n) is 5.94. The quantitative estimate of drug-likeness (QED) is 0.363. The van der Waals surface area contributed by atoms with Crippen LogP contribution in [-0.4, -0.2) is 76.6 Å². The van der Waals surface area contributed by atoms with Crippen molar-refractivity contribution in [1.82, 2.24) is 29.9 Å². The number of aryl methyl sites for hydroxylation is 1. The van der Waals surface area contributed by atoms with Gasteiger partial charge < -0.3 is 24.3 Å². The standard InChI is InChI=1S/C23H35N7O2/c1-3-5-8-24-23(25-9-10-30-17-26-27-22(30)4-2)29-13-11-28(12-14-29)16-19-6-7-20-21(15-19)32-18-31-20/h6-7,15,17H,3-5,8-14,16,18H2,1-2H3,(H,24,25). The summed E-state index contributed by atoms with van der Waals surface area (Å²) in [7, 11) is 0. The van der Waals surface area contributed by atoms with Crippen LogP contribution < -0.4 is 14.8 Å². The molecule has 2 aliphatic rings. The molecule has 1 aromatic carbocycles. The van der Waals surface area contributed by atoms with Crippen LogP contribution in [0, 0.1) is 0 Å². The number of aromatic nitrogens is 3. The van der Waals surface area contributed by atoms with Gasteiger partial charge in [0, 0.05) is 58.8 Å². The Balaban J connectivity index is 1.29. The molecule has 0 radical (unpaired) electrons. The number of hydrogen-bond donors (Lipinski definition) is 1. The molecule has 0 amide bonds. The molecule has 2 aromatic rings. The maximum Gasteiger partial charge on any atom is 0.231 e. The van der Waals surface area contributed by atoms with E-state index >= 15 is 0 Å². The zero-order chi connectivity index (χ0) is 22.2. The lowest BCUT2D eigenvalue weighted by Gasteiger charge is -2.36. The number of hydrogen-bond acceptors (Lipinski definition) is 6. The zero-order valence-electron chi connectivity index (χ0n) is 19.3. The third-order valence-corrected chi connectivity index (χ3v) is 5.94. The fourth-order valence-corrected chi connectivity index (χ4v) is 4.05. The minimum absolute atomic E-state index is 0.321. The fourth-order valence-electron chi connectivity index (χ4n) is 4.05. The summed E-state index contributed by atoms with van der Waals surface area (Å²) in [5, 5.41) is 11.8. The molecule has 3 heterocycles. The molecule has 9 heteroatoms. The van der Waals surface area contributed by atoms with E-state index in [-0.39, 0.29) is 0 Å². The highest BCUT2D eigenvalue weighted by Crippen LogP contribution is 2.32. The molecule has 1 fully saturated rings. The first-order chi connectivity index (χ1) is 15.8. The number of rotatable bonds is 9. The largest absolute Gasteiger partial charge is 0.454 e.